The van der Waals surface area contributed by atoms with Crippen molar-refractivity contribution in [3.63, 3.8) is 0 Å². The molecule has 4 heterocycles. The number of H-pyrrole nitrogens is 2. The summed E-state index contributed by atoms with van der Waals surface area (Å²) >= 11 is 5.14. The van der Waals surface area contributed by atoms with Crippen molar-refractivity contribution in [2.24, 2.45) is 0 Å². The monoisotopic (exact) mass is 440 g/mol. The van der Waals surface area contributed by atoms with E-state index < -0.39 is 0 Å². The van der Waals surface area contributed by atoms with E-state index in [1.54, 1.807) is 11.3 Å². The summed E-state index contributed by atoms with van der Waals surface area (Å²) in [6.07, 6.45) is 2.86. The molecule has 1 aliphatic heterocycles. The quantitative estimate of drug-likeness (QED) is 0.498. The fraction of sp³-hybridized carbons (Fsp3) is 0.200. The topological polar surface area (TPSA) is 64.8 Å². The predicted octanol–water partition coefficient (Wildman–Crippen LogP) is 4.30. The first-order valence-electron chi connectivity index (χ1n) is 8.81. The van der Waals surface area contributed by atoms with E-state index in [4.69, 9.17) is 4.98 Å². The Bertz CT molecular complexity index is 1180. The van der Waals surface area contributed by atoms with Gasteiger partial charge in [0, 0.05) is 47.6 Å². The van der Waals surface area contributed by atoms with E-state index in [0.717, 1.165) is 45.6 Å². The molecule has 0 amide bonds. The summed E-state index contributed by atoms with van der Waals surface area (Å²) < 4.78 is 1.07. The number of rotatable bonds is 3. The molecule has 5 nitrogen and oxygen atoms in total. The van der Waals surface area contributed by atoms with Gasteiger partial charge in [0.2, 0.25) is 0 Å². The highest BCUT2D eigenvalue weighted by atomic mass is 79.9. The Kier molecular flexibility index (Phi) is 4.22. The molecule has 27 heavy (non-hydrogen) atoms. The maximum absolute atomic E-state index is 12.7. The van der Waals surface area contributed by atoms with Crippen LogP contribution >= 0.6 is 27.3 Å². The molecule has 0 saturated carbocycles. The molecule has 1 aliphatic rings. The molecule has 1 aromatic carbocycles. The second-order valence-corrected chi connectivity index (χ2v) is 8.64. The number of nitrogens with zero attached hydrogens (tertiary/aromatic N) is 2. The van der Waals surface area contributed by atoms with Gasteiger partial charge >= 0.3 is 0 Å². The lowest BCUT2D eigenvalue weighted by Crippen LogP contribution is -2.35. The first-order valence-corrected chi connectivity index (χ1v) is 10.5. The molecule has 0 spiro atoms. The van der Waals surface area contributed by atoms with Crippen LogP contribution in [0.15, 0.2) is 51.2 Å². The van der Waals surface area contributed by atoms with Gasteiger partial charge in [-0.15, -0.1) is 11.3 Å². The number of thiophene rings is 1. The summed E-state index contributed by atoms with van der Waals surface area (Å²) in [4.78, 5) is 27.0. The van der Waals surface area contributed by atoms with Crippen LogP contribution in [-0.4, -0.2) is 26.4 Å². The van der Waals surface area contributed by atoms with Crippen LogP contribution in [0.25, 0.3) is 21.6 Å². The maximum Gasteiger partial charge on any atom is 0.255 e. The fourth-order valence-electron chi connectivity index (χ4n) is 3.67. The zero-order valence-corrected chi connectivity index (χ0v) is 16.9. The van der Waals surface area contributed by atoms with E-state index in [1.807, 2.05) is 23.6 Å². The van der Waals surface area contributed by atoms with Crippen molar-refractivity contribution >= 4 is 38.2 Å². The molecular formula is C20H17BrN4OS. The lowest BCUT2D eigenvalue weighted by molar-refractivity contribution is 0.242. The molecule has 4 aromatic rings. The average molecular weight is 441 g/mol. The van der Waals surface area contributed by atoms with Crippen LogP contribution < -0.4 is 5.56 Å². The van der Waals surface area contributed by atoms with Crippen molar-refractivity contribution < 1.29 is 0 Å². The van der Waals surface area contributed by atoms with Crippen molar-refractivity contribution in [1.82, 2.24) is 19.9 Å². The number of nitrogens with one attached hydrogen (secondary N) is 2. The van der Waals surface area contributed by atoms with Crippen molar-refractivity contribution in [1.29, 1.82) is 0 Å². The summed E-state index contributed by atoms with van der Waals surface area (Å²) in [7, 11) is 0. The third kappa shape index (κ3) is 3.16. The van der Waals surface area contributed by atoms with E-state index in [-0.39, 0.29) is 5.56 Å². The molecule has 136 valence electrons. The van der Waals surface area contributed by atoms with Gasteiger partial charge in [0.05, 0.1) is 16.1 Å². The highest BCUT2D eigenvalue weighted by molar-refractivity contribution is 9.10. The minimum absolute atomic E-state index is 0.0187. The van der Waals surface area contributed by atoms with Crippen molar-refractivity contribution in [3.05, 3.63) is 73.6 Å². The normalized spacial score (nSPS) is 14.6. The van der Waals surface area contributed by atoms with Crippen LogP contribution in [0.3, 0.4) is 0 Å². The third-order valence-electron chi connectivity index (χ3n) is 5.03. The largest absolute Gasteiger partial charge is 0.361 e. The SMILES string of the molecule is O=c1[nH]c(-c2cccs2)nc2c1CN(Cc1c[nH]c3ccc(Br)cc13)CC2. The molecule has 0 saturated heterocycles. The summed E-state index contributed by atoms with van der Waals surface area (Å²) in [5.74, 6) is 0.684. The summed E-state index contributed by atoms with van der Waals surface area (Å²) in [6.45, 7) is 2.33. The van der Waals surface area contributed by atoms with Crippen LogP contribution in [0.4, 0.5) is 0 Å². The second-order valence-electron chi connectivity index (χ2n) is 6.78. The highest BCUT2D eigenvalue weighted by Crippen LogP contribution is 2.26. The summed E-state index contributed by atoms with van der Waals surface area (Å²) in [5.41, 5.74) is 4.08. The molecule has 2 N–H and O–H groups in total. The lowest BCUT2D eigenvalue weighted by Gasteiger charge is -2.27. The van der Waals surface area contributed by atoms with Crippen LogP contribution in [0, 0.1) is 0 Å². The van der Waals surface area contributed by atoms with Gasteiger partial charge in [-0.05, 0) is 35.2 Å². The lowest BCUT2D eigenvalue weighted by atomic mass is 10.1. The van der Waals surface area contributed by atoms with E-state index in [2.05, 4.69) is 49.1 Å². The smallest absolute Gasteiger partial charge is 0.255 e. The molecule has 0 bridgehead atoms. The zero-order chi connectivity index (χ0) is 18.4. The van der Waals surface area contributed by atoms with Crippen LogP contribution in [-0.2, 0) is 19.5 Å². The van der Waals surface area contributed by atoms with E-state index in [1.165, 1.54) is 10.9 Å². The Morgan fingerprint density at radius 3 is 3.07 bits per heavy atom. The van der Waals surface area contributed by atoms with E-state index >= 15 is 0 Å². The minimum atomic E-state index is -0.0187. The van der Waals surface area contributed by atoms with Crippen LogP contribution in [0.1, 0.15) is 16.8 Å². The number of halogens is 1. The van der Waals surface area contributed by atoms with Gasteiger partial charge in [0.15, 0.2) is 5.82 Å². The number of aromatic nitrogens is 3. The van der Waals surface area contributed by atoms with Gasteiger partial charge in [-0.1, -0.05) is 22.0 Å². The molecule has 0 fully saturated rings. The van der Waals surface area contributed by atoms with Crippen molar-refractivity contribution in [2.45, 2.75) is 19.5 Å². The van der Waals surface area contributed by atoms with Gasteiger partial charge in [0.1, 0.15) is 0 Å². The zero-order valence-electron chi connectivity index (χ0n) is 14.5. The number of aromatic amines is 2. The van der Waals surface area contributed by atoms with Crippen LogP contribution in [0.5, 0.6) is 0 Å². The molecule has 0 aliphatic carbocycles. The van der Waals surface area contributed by atoms with E-state index in [0.29, 0.717) is 12.4 Å². The maximum atomic E-state index is 12.7. The Morgan fingerprint density at radius 2 is 2.22 bits per heavy atom. The Morgan fingerprint density at radius 1 is 1.30 bits per heavy atom. The summed E-state index contributed by atoms with van der Waals surface area (Å²) in [6, 6.07) is 10.2. The molecule has 5 rings (SSSR count). The second kappa shape index (κ2) is 6.74. The van der Waals surface area contributed by atoms with Crippen molar-refractivity contribution in [2.75, 3.05) is 6.54 Å². The standard InChI is InChI=1S/C20H17BrN4OS/c21-13-3-4-16-14(8-13)12(9-22-16)10-25-6-5-17-15(11-25)20(26)24-19(23-17)18-2-1-7-27-18/h1-4,7-9,22H,5-6,10-11H2,(H,23,24,26). The number of benzene rings is 1. The molecule has 7 heteroatoms. The minimum Gasteiger partial charge on any atom is -0.361 e. The molecule has 3 aromatic heterocycles. The Labute approximate surface area is 168 Å². The first-order chi connectivity index (χ1) is 13.2. The molecule has 0 radical (unpaired) electrons. The van der Waals surface area contributed by atoms with Crippen LogP contribution in [0.2, 0.25) is 0 Å². The number of hydrogen-bond acceptors (Lipinski definition) is 4. The molecule has 0 unspecified atom stereocenters. The molecule has 0 atom stereocenters. The molecular weight excluding hydrogens is 424 g/mol. The van der Waals surface area contributed by atoms with Crippen molar-refractivity contribution in [3.8, 4) is 10.7 Å². The predicted molar refractivity (Wildman–Crippen MR) is 112 cm³/mol. The van der Waals surface area contributed by atoms with Gasteiger partial charge in [-0.25, -0.2) is 4.98 Å². The number of hydrogen-bond donors (Lipinski definition) is 2. The Hall–Kier alpha value is -2.22. The van der Waals surface area contributed by atoms with Gasteiger partial charge in [-0.3, -0.25) is 9.69 Å². The summed E-state index contributed by atoms with van der Waals surface area (Å²) in [5, 5.41) is 3.21. The third-order valence-corrected chi connectivity index (χ3v) is 6.40. The highest BCUT2D eigenvalue weighted by Gasteiger charge is 2.22. The number of fused-ring (bicyclic) bond motifs is 2. The van der Waals surface area contributed by atoms with Gasteiger partial charge in [-0.2, -0.15) is 0 Å². The van der Waals surface area contributed by atoms with Gasteiger partial charge in [0.25, 0.3) is 5.56 Å². The fourth-order valence-corrected chi connectivity index (χ4v) is 4.70. The first kappa shape index (κ1) is 16.9. The van der Waals surface area contributed by atoms with E-state index in [9.17, 15) is 4.79 Å². The average Bonchev–Trinajstić information content (AvgIpc) is 3.33. The Balaban J connectivity index is 1.42. The van der Waals surface area contributed by atoms with Gasteiger partial charge < -0.3 is 9.97 Å².